The first-order valence-corrected chi connectivity index (χ1v) is 10.7. The van der Waals surface area contributed by atoms with E-state index in [1.807, 2.05) is 42.5 Å². The number of benzene rings is 1. The molecule has 4 fully saturated rings. The fourth-order valence-electron chi connectivity index (χ4n) is 6.14. The quantitative estimate of drug-likeness (QED) is 0.570. The van der Waals surface area contributed by atoms with E-state index in [2.05, 4.69) is 0 Å². The topological polar surface area (TPSA) is 48.7 Å². The summed E-state index contributed by atoms with van der Waals surface area (Å²) < 4.78 is 16.7. The van der Waals surface area contributed by atoms with Gasteiger partial charge in [0.25, 0.3) is 0 Å². The highest BCUT2D eigenvalue weighted by atomic mass is 16.5. The Labute approximate surface area is 171 Å². The molecule has 1 heterocycles. The van der Waals surface area contributed by atoms with E-state index in [9.17, 15) is 4.79 Å². The molecular formula is C25H28O4. The zero-order valence-corrected chi connectivity index (χ0v) is 16.9. The molecule has 0 N–H and O–H groups in total. The van der Waals surface area contributed by atoms with E-state index in [1.165, 1.54) is 19.3 Å². The van der Waals surface area contributed by atoms with Crippen LogP contribution in [0.2, 0.25) is 0 Å². The molecular weight excluding hydrogens is 364 g/mol. The van der Waals surface area contributed by atoms with E-state index in [-0.39, 0.29) is 5.41 Å². The van der Waals surface area contributed by atoms with E-state index in [4.69, 9.17) is 13.9 Å². The second-order valence-electron chi connectivity index (χ2n) is 9.16. The van der Waals surface area contributed by atoms with Gasteiger partial charge in [0.2, 0.25) is 0 Å². The Kier molecular flexibility index (Phi) is 4.73. The SMILES string of the molecule is COc1ccc(OCc2ccc(/C=C/C(=O)C34CC5CC(CC(C5)C3)C4)o2)cc1. The predicted molar refractivity (Wildman–Crippen MR) is 111 cm³/mol. The maximum absolute atomic E-state index is 13.1. The largest absolute Gasteiger partial charge is 0.497 e. The molecule has 0 amide bonds. The second kappa shape index (κ2) is 7.40. The minimum Gasteiger partial charge on any atom is -0.497 e. The Morgan fingerprint density at radius 3 is 2.24 bits per heavy atom. The number of methoxy groups -OCH3 is 1. The van der Waals surface area contributed by atoms with E-state index >= 15 is 0 Å². The van der Waals surface area contributed by atoms with Crippen LogP contribution in [-0.4, -0.2) is 12.9 Å². The summed E-state index contributed by atoms with van der Waals surface area (Å²) in [5.41, 5.74) is -0.0852. The first-order chi connectivity index (χ1) is 14.1. The molecule has 1 aromatic carbocycles. The molecule has 1 aromatic heterocycles. The van der Waals surface area contributed by atoms with Crippen LogP contribution in [0.1, 0.15) is 50.0 Å². The van der Waals surface area contributed by atoms with Crippen molar-refractivity contribution in [2.24, 2.45) is 23.2 Å². The zero-order valence-electron chi connectivity index (χ0n) is 16.9. The van der Waals surface area contributed by atoms with Crippen molar-refractivity contribution in [3.8, 4) is 11.5 Å². The van der Waals surface area contributed by atoms with Crippen LogP contribution in [0.25, 0.3) is 6.08 Å². The molecule has 29 heavy (non-hydrogen) atoms. The Balaban J connectivity index is 1.20. The van der Waals surface area contributed by atoms with Gasteiger partial charge < -0.3 is 13.9 Å². The summed E-state index contributed by atoms with van der Waals surface area (Å²) in [6.45, 7) is 0.350. The van der Waals surface area contributed by atoms with Crippen LogP contribution in [-0.2, 0) is 11.4 Å². The van der Waals surface area contributed by atoms with E-state index < -0.39 is 0 Å². The Hall–Kier alpha value is -2.49. The van der Waals surface area contributed by atoms with E-state index in [1.54, 1.807) is 13.2 Å². The van der Waals surface area contributed by atoms with Crippen molar-refractivity contribution in [3.63, 3.8) is 0 Å². The summed E-state index contributed by atoms with van der Waals surface area (Å²) in [6, 6.07) is 11.3. The van der Waals surface area contributed by atoms with Crippen molar-refractivity contribution in [1.29, 1.82) is 0 Å². The van der Waals surface area contributed by atoms with E-state index in [0.717, 1.165) is 54.3 Å². The van der Waals surface area contributed by atoms with Crippen molar-refractivity contribution in [3.05, 3.63) is 54.0 Å². The van der Waals surface area contributed by atoms with Crippen molar-refractivity contribution in [2.75, 3.05) is 7.11 Å². The van der Waals surface area contributed by atoms with Gasteiger partial charge in [-0.15, -0.1) is 0 Å². The molecule has 4 saturated carbocycles. The van der Waals surface area contributed by atoms with Crippen LogP contribution in [0.5, 0.6) is 11.5 Å². The van der Waals surface area contributed by atoms with Gasteiger partial charge in [0, 0.05) is 5.41 Å². The number of carbonyl (C=O) groups is 1. The number of allylic oxidation sites excluding steroid dienone is 1. The van der Waals surface area contributed by atoms with Crippen molar-refractivity contribution < 1.29 is 18.7 Å². The Bertz CT molecular complexity index is 870. The van der Waals surface area contributed by atoms with Gasteiger partial charge in [0.05, 0.1) is 7.11 Å². The van der Waals surface area contributed by atoms with E-state index in [0.29, 0.717) is 18.2 Å². The van der Waals surface area contributed by atoms with Crippen LogP contribution >= 0.6 is 0 Å². The molecule has 4 aliphatic rings. The smallest absolute Gasteiger partial charge is 0.161 e. The lowest BCUT2D eigenvalue weighted by Crippen LogP contribution is -2.49. The monoisotopic (exact) mass is 392 g/mol. The molecule has 4 nitrogen and oxygen atoms in total. The summed E-state index contributed by atoms with van der Waals surface area (Å²) in [5.74, 6) is 5.66. The third-order valence-electron chi connectivity index (χ3n) is 7.08. The third kappa shape index (κ3) is 3.73. The second-order valence-corrected chi connectivity index (χ2v) is 9.16. The van der Waals surface area contributed by atoms with Gasteiger partial charge in [-0.05, 0) is 105 Å². The lowest BCUT2D eigenvalue weighted by molar-refractivity contribution is -0.138. The van der Waals surface area contributed by atoms with Crippen LogP contribution in [0.15, 0.2) is 46.9 Å². The Morgan fingerprint density at radius 2 is 1.62 bits per heavy atom. The molecule has 4 heteroatoms. The molecule has 6 rings (SSSR count). The summed E-state index contributed by atoms with van der Waals surface area (Å²) in [7, 11) is 1.64. The summed E-state index contributed by atoms with van der Waals surface area (Å²) in [4.78, 5) is 13.1. The van der Waals surface area contributed by atoms with Gasteiger partial charge in [-0.2, -0.15) is 0 Å². The standard InChI is InChI=1S/C25H28O4/c1-27-20-2-4-21(5-3-20)28-16-23-7-6-22(29-23)8-9-24(26)25-13-17-10-18(14-25)12-19(11-17)15-25/h2-9,17-19H,10-16H2,1H3/b9-8+. The maximum atomic E-state index is 13.1. The normalized spacial score (nSPS) is 30.0. The number of rotatable bonds is 7. The van der Waals surface area contributed by atoms with Crippen molar-refractivity contribution >= 4 is 11.9 Å². The minimum atomic E-state index is -0.0852. The number of carbonyl (C=O) groups excluding carboxylic acids is 1. The molecule has 0 aliphatic heterocycles. The number of ketones is 1. The van der Waals surface area contributed by atoms with Crippen molar-refractivity contribution in [2.45, 2.75) is 45.1 Å². The minimum absolute atomic E-state index is 0.0852. The zero-order chi connectivity index (χ0) is 19.8. The van der Waals surface area contributed by atoms with Crippen LogP contribution in [0.4, 0.5) is 0 Å². The number of furan rings is 1. The lowest BCUT2D eigenvalue weighted by atomic mass is 9.48. The summed E-state index contributed by atoms with van der Waals surface area (Å²) in [5, 5.41) is 0. The lowest BCUT2D eigenvalue weighted by Gasteiger charge is -2.55. The van der Waals surface area contributed by atoms with Gasteiger partial charge in [-0.3, -0.25) is 4.79 Å². The summed E-state index contributed by atoms with van der Waals surface area (Å²) >= 11 is 0. The first kappa shape index (κ1) is 18.5. The number of ether oxygens (including phenoxy) is 2. The summed E-state index contributed by atoms with van der Waals surface area (Å²) in [6.07, 6.45) is 11.0. The van der Waals surface area contributed by atoms with Gasteiger partial charge >= 0.3 is 0 Å². The van der Waals surface area contributed by atoms with Crippen molar-refractivity contribution in [1.82, 2.24) is 0 Å². The third-order valence-corrected chi connectivity index (χ3v) is 7.08. The molecule has 0 saturated heterocycles. The highest BCUT2D eigenvalue weighted by molar-refractivity contribution is 5.98. The first-order valence-electron chi connectivity index (χ1n) is 10.7. The molecule has 152 valence electrons. The molecule has 2 aromatic rings. The van der Waals surface area contributed by atoms with Crippen LogP contribution < -0.4 is 9.47 Å². The molecule has 0 radical (unpaired) electrons. The van der Waals surface area contributed by atoms with Gasteiger partial charge in [0.15, 0.2) is 5.78 Å². The fraction of sp³-hybridized carbons (Fsp3) is 0.480. The van der Waals surface area contributed by atoms with Crippen LogP contribution in [0, 0.1) is 23.2 Å². The van der Waals surface area contributed by atoms with Gasteiger partial charge in [-0.25, -0.2) is 0 Å². The number of hydrogen-bond acceptors (Lipinski definition) is 4. The van der Waals surface area contributed by atoms with Crippen LogP contribution in [0.3, 0.4) is 0 Å². The molecule has 0 atom stereocenters. The highest BCUT2D eigenvalue weighted by Gasteiger charge is 2.53. The van der Waals surface area contributed by atoms with Gasteiger partial charge in [0.1, 0.15) is 29.6 Å². The fourth-order valence-corrected chi connectivity index (χ4v) is 6.14. The Morgan fingerprint density at radius 1 is 1.00 bits per heavy atom. The maximum Gasteiger partial charge on any atom is 0.161 e. The molecule has 4 bridgehead atoms. The average molecular weight is 392 g/mol. The number of hydrogen-bond donors (Lipinski definition) is 0. The molecule has 4 aliphatic carbocycles. The molecule has 0 spiro atoms. The average Bonchev–Trinajstić information content (AvgIpc) is 3.18. The highest BCUT2D eigenvalue weighted by Crippen LogP contribution is 2.60. The molecule has 0 unspecified atom stereocenters. The predicted octanol–water partition coefficient (Wildman–Crippen LogP) is 5.67. The van der Waals surface area contributed by atoms with Gasteiger partial charge in [-0.1, -0.05) is 0 Å².